The number of aromatic nitrogens is 4. The Morgan fingerprint density at radius 2 is 1.92 bits per heavy atom. The van der Waals surface area contributed by atoms with E-state index in [-0.39, 0.29) is 0 Å². The monoisotopic (exact) mass is 160 g/mol. The number of nitrogens with zero attached hydrogens (tertiary/aromatic N) is 4. The first-order valence-corrected chi connectivity index (χ1v) is 3.66. The lowest BCUT2D eigenvalue weighted by Gasteiger charge is -1.99. The van der Waals surface area contributed by atoms with E-state index in [0.717, 1.165) is 5.69 Å². The summed E-state index contributed by atoms with van der Waals surface area (Å²) in [6.07, 6.45) is 5.12. The number of aryl methyl sites for hydroxylation is 1. The highest BCUT2D eigenvalue weighted by Crippen LogP contribution is 2.01. The lowest BCUT2D eigenvalue weighted by Crippen LogP contribution is -2.02. The van der Waals surface area contributed by atoms with Crippen LogP contribution in [0.2, 0.25) is 0 Å². The Bertz CT molecular complexity index is 366. The molecule has 2 aromatic rings. The van der Waals surface area contributed by atoms with E-state index < -0.39 is 0 Å². The molecule has 0 aliphatic rings. The maximum atomic E-state index is 4.08. The topological polar surface area (TPSA) is 43.6 Å². The zero-order valence-electron chi connectivity index (χ0n) is 6.68. The van der Waals surface area contributed by atoms with Crippen molar-refractivity contribution in [2.24, 2.45) is 0 Å². The van der Waals surface area contributed by atoms with Crippen molar-refractivity contribution in [3.05, 3.63) is 36.4 Å². The molecular weight excluding hydrogens is 152 g/mol. The van der Waals surface area contributed by atoms with Crippen molar-refractivity contribution < 1.29 is 0 Å². The molecule has 0 N–H and O–H groups in total. The van der Waals surface area contributed by atoms with Gasteiger partial charge in [-0.1, -0.05) is 0 Å². The third kappa shape index (κ3) is 1.07. The van der Waals surface area contributed by atoms with Crippen LogP contribution in [0.3, 0.4) is 0 Å². The van der Waals surface area contributed by atoms with Gasteiger partial charge < -0.3 is 0 Å². The molecule has 0 radical (unpaired) electrons. The van der Waals surface area contributed by atoms with Gasteiger partial charge in [0, 0.05) is 24.3 Å². The fourth-order valence-corrected chi connectivity index (χ4v) is 0.980. The van der Waals surface area contributed by atoms with Crippen molar-refractivity contribution in [1.29, 1.82) is 0 Å². The average molecular weight is 160 g/mol. The van der Waals surface area contributed by atoms with Gasteiger partial charge in [-0.25, -0.2) is 14.6 Å². The van der Waals surface area contributed by atoms with Crippen LogP contribution in [0.25, 0.3) is 5.95 Å². The van der Waals surface area contributed by atoms with Crippen molar-refractivity contribution in [2.45, 2.75) is 6.92 Å². The Morgan fingerprint density at radius 3 is 2.50 bits per heavy atom. The molecule has 0 fully saturated rings. The van der Waals surface area contributed by atoms with Crippen molar-refractivity contribution >= 4 is 0 Å². The van der Waals surface area contributed by atoms with Gasteiger partial charge in [-0.05, 0) is 19.1 Å². The van der Waals surface area contributed by atoms with E-state index >= 15 is 0 Å². The summed E-state index contributed by atoms with van der Waals surface area (Å²) in [6, 6.07) is 3.69. The summed E-state index contributed by atoms with van der Waals surface area (Å²) in [7, 11) is 0. The minimum atomic E-state index is 0.611. The van der Waals surface area contributed by atoms with Crippen LogP contribution in [0, 0.1) is 6.92 Å². The highest BCUT2D eigenvalue weighted by Gasteiger charge is 2.00. The molecule has 12 heavy (non-hydrogen) atoms. The van der Waals surface area contributed by atoms with Gasteiger partial charge in [0.1, 0.15) is 0 Å². The quantitative estimate of drug-likeness (QED) is 0.624. The standard InChI is InChI=1S/C8H8N4/c1-7-3-6-11-12(7)8-9-4-2-5-10-8/h2-6H,1H3. The molecule has 2 aromatic heterocycles. The Labute approximate surface area is 69.9 Å². The normalized spacial score (nSPS) is 10.1. The molecule has 0 aliphatic carbocycles. The van der Waals surface area contributed by atoms with Crippen LogP contribution < -0.4 is 0 Å². The van der Waals surface area contributed by atoms with Crippen LogP contribution in [-0.2, 0) is 0 Å². The Morgan fingerprint density at radius 1 is 1.17 bits per heavy atom. The highest BCUT2D eigenvalue weighted by atomic mass is 15.3. The van der Waals surface area contributed by atoms with Gasteiger partial charge in [0.15, 0.2) is 0 Å². The van der Waals surface area contributed by atoms with Gasteiger partial charge in [0.05, 0.1) is 0 Å². The summed E-state index contributed by atoms with van der Waals surface area (Å²) in [5, 5.41) is 4.08. The fourth-order valence-electron chi connectivity index (χ4n) is 0.980. The van der Waals surface area contributed by atoms with Gasteiger partial charge in [0.2, 0.25) is 0 Å². The molecule has 0 atom stereocenters. The maximum Gasteiger partial charge on any atom is 0.250 e. The molecule has 2 heterocycles. The molecule has 4 nitrogen and oxygen atoms in total. The lowest BCUT2D eigenvalue weighted by molar-refractivity contribution is 0.783. The average Bonchev–Trinajstić information content (AvgIpc) is 2.53. The molecule has 0 bridgehead atoms. The van der Waals surface area contributed by atoms with E-state index in [1.165, 1.54) is 0 Å². The Hall–Kier alpha value is -1.71. The number of hydrogen-bond acceptors (Lipinski definition) is 3. The van der Waals surface area contributed by atoms with Gasteiger partial charge in [-0.3, -0.25) is 0 Å². The van der Waals surface area contributed by atoms with Gasteiger partial charge in [0.25, 0.3) is 5.95 Å². The predicted octanol–water partition coefficient (Wildman–Crippen LogP) is 0.971. The van der Waals surface area contributed by atoms with Crippen LogP contribution in [0.5, 0.6) is 0 Å². The largest absolute Gasteiger partial charge is 0.250 e. The van der Waals surface area contributed by atoms with Crippen molar-refractivity contribution in [3.8, 4) is 5.95 Å². The maximum absolute atomic E-state index is 4.08. The molecule has 0 amide bonds. The minimum Gasteiger partial charge on any atom is -0.220 e. The summed E-state index contributed by atoms with van der Waals surface area (Å²) in [5.41, 5.74) is 1.03. The molecule has 0 unspecified atom stereocenters. The Kier molecular flexibility index (Phi) is 1.59. The molecular formula is C8H8N4. The van der Waals surface area contributed by atoms with Gasteiger partial charge >= 0.3 is 0 Å². The zero-order chi connectivity index (χ0) is 8.39. The van der Waals surface area contributed by atoms with Gasteiger partial charge in [-0.15, -0.1) is 0 Å². The lowest BCUT2D eigenvalue weighted by atomic mass is 10.5. The van der Waals surface area contributed by atoms with E-state index in [9.17, 15) is 0 Å². The number of rotatable bonds is 1. The Balaban J connectivity index is 2.51. The first kappa shape index (κ1) is 6.97. The van der Waals surface area contributed by atoms with Crippen molar-refractivity contribution in [2.75, 3.05) is 0 Å². The molecule has 60 valence electrons. The van der Waals surface area contributed by atoms with E-state index in [2.05, 4.69) is 15.1 Å². The second-order valence-corrected chi connectivity index (χ2v) is 2.43. The molecule has 2 rings (SSSR count). The van der Waals surface area contributed by atoms with Crippen molar-refractivity contribution in [3.63, 3.8) is 0 Å². The fraction of sp³-hybridized carbons (Fsp3) is 0.125. The summed E-state index contributed by atoms with van der Waals surface area (Å²) in [4.78, 5) is 8.14. The summed E-state index contributed by atoms with van der Waals surface area (Å²) in [5.74, 6) is 0.611. The summed E-state index contributed by atoms with van der Waals surface area (Å²) in [6.45, 7) is 1.96. The smallest absolute Gasteiger partial charge is 0.220 e. The van der Waals surface area contributed by atoms with Crippen LogP contribution in [-0.4, -0.2) is 19.7 Å². The van der Waals surface area contributed by atoms with Crippen molar-refractivity contribution in [1.82, 2.24) is 19.7 Å². The predicted molar refractivity (Wildman–Crippen MR) is 43.9 cm³/mol. The van der Waals surface area contributed by atoms with Gasteiger partial charge in [-0.2, -0.15) is 5.10 Å². The molecule has 0 saturated heterocycles. The molecule has 0 saturated carbocycles. The van der Waals surface area contributed by atoms with E-state index in [1.807, 2.05) is 13.0 Å². The summed E-state index contributed by atoms with van der Waals surface area (Å²) >= 11 is 0. The van der Waals surface area contributed by atoms with E-state index in [0.29, 0.717) is 5.95 Å². The third-order valence-electron chi connectivity index (χ3n) is 1.57. The molecule has 0 spiro atoms. The molecule has 4 heteroatoms. The first-order chi connectivity index (χ1) is 5.88. The second-order valence-electron chi connectivity index (χ2n) is 2.43. The van der Waals surface area contributed by atoms with Crippen LogP contribution in [0.1, 0.15) is 5.69 Å². The molecule has 0 aromatic carbocycles. The SMILES string of the molecule is Cc1ccnn1-c1ncccn1. The number of hydrogen-bond donors (Lipinski definition) is 0. The van der Waals surface area contributed by atoms with Crippen LogP contribution in [0.15, 0.2) is 30.7 Å². The zero-order valence-corrected chi connectivity index (χ0v) is 6.68. The van der Waals surface area contributed by atoms with E-state index in [4.69, 9.17) is 0 Å². The third-order valence-corrected chi connectivity index (χ3v) is 1.57. The minimum absolute atomic E-state index is 0.611. The second kappa shape index (κ2) is 2.73. The molecule has 0 aliphatic heterocycles. The van der Waals surface area contributed by atoms with E-state index in [1.54, 1.807) is 29.3 Å². The van der Waals surface area contributed by atoms with Crippen LogP contribution in [0.4, 0.5) is 0 Å². The first-order valence-electron chi connectivity index (χ1n) is 3.66. The summed E-state index contributed by atoms with van der Waals surface area (Å²) < 4.78 is 1.69. The highest BCUT2D eigenvalue weighted by molar-refractivity contribution is 5.13. The van der Waals surface area contributed by atoms with Crippen LogP contribution >= 0.6 is 0 Å².